The molecule has 1 saturated heterocycles. The van der Waals surface area contributed by atoms with Gasteiger partial charge in [-0.1, -0.05) is 96.8 Å². The summed E-state index contributed by atoms with van der Waals surface area (Å²) >= 11 is 0. The van der Waals surface area contributed by atoms with Gasteiger partial charge in [-0.2, -0.15) is 0 Å². The van der Waals surface area contributed by atoms with Gasteiger partial charge in [0.1, 0.15) is 18.3 Å². The number of aliphatic hydroxyl groups excluding tert-OH is 3. The number of rotatable bonds is 19. The van der Waals surface area contributed by atoms with Gasteiger partial charge in [0.15, 0.2) is 6.10 Å². The summed E-state index contributed by atoms with van der Waals surface area (Å²) in [5, 5.41) is 29.1. The molecule has 0 aromatic rings. The highest BCUT2D eigenvalue weighted by molar-refractivity contribution is 4.89. The Morgan fingerprint density at radius 3 is 1.80 bits per heavy atom. The van der Waals surface area contributed by atoms with Crippen LogP contribution in [0, 0.1) is 0 Å². The predicted molar refractivity (Wildman–Crippen MR) is 122 cm³/mol. The molecule has 1 fully saturated rings. The van der Waals surface area contributed by atoms with Gasteiger partial charge in [-0.25, -0.2) is 0 Å². The number of hydrogen-bond acceptors (Lipinski definition) is 5. The molecule has 0 aliphatic carbocycles. The van der Waals surface area contributed by atoms with E-state index in [4.69, 9.17) is 14.6 Å². The Morgan fingerprint density at radius 2 is 1.30 bits per heavy atom. The Morgan fingerprint density at radius 1 is 0.800 bits per heavy atom. The van der Waals surface area contributed by atoms with E-state index in [2.05, 4.69) is 6.92 Å². The second-order valence-corrected chi connectivity index (χ2v) is 8.82. The Labute approximate surface area is 184 Å². The van der Waals surface area contributed by atoms with E-state index in [1.807, 2.05) is 6.08 Å². The lowest BCUT2D eigenvalue weighted by molar-refractivity contribution is -0.197. The molecule has 0 bridgehead atoms. The molecule has 3 N–H and O–H groups in total. The van der Waals surface area contributed by atoms with Crippen molar-refractivity contribution in [3.8, 4) is 0 Å². The van der Waals surface area contributed by atoms with Gasteiger partial charge in [0.25, 0.3) is 0 Å². The molecule has 30 heavy (non-hydrogen) atoms. The zero-order valence-electron chi connectivity index (χ0n) is 19.4. The van der Waals surface area contributed by atoms with Gasteiger partial charge in [-0.15, -0.1) is 0 Å². The van der Waals surface area contributed by atoms with Crippen LogP contribution in [-0.4, -0.2) is 52.9 Å². The van der Waals surface area contributed by atoms with Crippen LogP contribution in [0.1, 0.15) is 110 Å². The Hall–Kier alpha value is -0.620. The maximum absolute atomic E-state index is 10.0. The van der Waals surface area contributed by atoms with Crippen LogP contribution >= 0.6 is 0 Å². The average Bonchev–Trinajstić information content (AvgIpc) is 2.75. The average molecular weight is 429 g/mol. The number of hydrogen-bond donors (Lipinski definition) is 3. The van der Waals surface area contributed by atoms with Crippen LogP contribution in [0.2, 0.25) is 0 Å². The van der Waals surface area contributed by atoms with E-state index >= 15 is 0 Å². The van der Waals surface area contributed by atoms with E-state index < -0.39 is 24.4 Å². The van der Waals surface area contributed by atoms with Gasteiger partial charge < -0.3 is 24.8 Å². The summed E-state index contributed by atoms with van der Waals surface area (Å²) in [4.78, 5) is 0. The SMILES string of the molecule is CCCCCCCCCCCCCCCCC/C=C/O[C@H]1[C@H](O)[C@@H](CO)OC[C@@H]1O. The number of unbranched alkanes of at least 4 members (excludes halogenated alkanes) is 15. The van der Waals surface area contributed by atoms with Crippen molar-refractivity contribution in [2.75, 3.05) is 13.2 Å². The van der Waals surface area contributed by atoms with Gasteiger partial charge in [0.05, 0.1) is 19.5 Å². The van der Waals surface area contributed by atoms with E-state index in [-0.39, 0.29) is 13.2 Å². The minimum Gasteiger partial charge on any atom is -0.493 e. The molecule has 5 heteroatoms. The second kappa shape index (κ2) is 19.1. The molecule has 0 amide bonds. The zero-order chi connectivity index (χ0) is 21.9. The van der Waals surface area contributed by atoms with Crippen LogP contribution in [0.25, 0.3) is 0 Å². The maximum Gasteiger partial charge on any atom is 0.154 e. The van der Waals surface area contributed by atoms with Crippen molar-refractivity contribution in [2.24, 2.45) is 0 Å². The van der Waals surface area contributed by atoms with Gasteiger partial charge in [0.2, 0.25) is 0 Å². The fourth-order valence-corrected chi connectivity index (χ4v) is 4.03. The summed E-state index contributed by atoms with van der Waals surface area (Å²) in [6.07, 6.45) is 21.5. The highest BCUT2D eigenvalue weighted by Crippen LogP contribution is 2.19. The fraction of sp³-hybridized carbons (Fsp3) is 0.920. The molecule has 0 radical (unpaired) electrons. The summed E-state index contributed by atoms with van der Waals surface area (Å²) < 4.78 is 10.7. The van der Waals surface area contributed by atoms with Crippen LogP contribution in [-0.2, 0) is 9.47 Å². The van der Waals surface area contributed by atoms with Crippen molar-refractivity contribution in [1.82, 2.24) is 0 Å². The van der Waals surface area contributed by atoms with Crippen molar-refractivity contribution >= 4 is 0 Å². The first-order chi connectivity index (χ1) is 14.7. The molecule has 0 spiro atoms. The van der Waals surface area contributed by atoms with Crippen LogP contribution in [0.4, 0.5) is 0 Å². The molecular weight excluding hydrogens is 380 g/mol. The van der Waals surface area contributed by atoms with Crippen LogP contribution in [0.3, 0.4) is 0 Å². The summed E-state index contributed by atoms with van der Waals surface area (Å²) in [5.74, 6) is 0. The third-order valence-corrected chi connectivity index (χ3v) is 6.06. The lowest BCUT2D eigenvalue weighted by Crippen LogP contribution is -2.54. The lowest BCUT2D eigenvalue weighted by atomic mass is 10.0. The molecule has 1 heterocycles. The molecular formula is C25H48O5. The first kappa shape index (κ1) is 27.4. The monoisotopic (exact) mass is 428 g/mol. The molecule has 0 unspecified atom stereocenters. The van der Waals surface area contributed by atoms with Crippen molar-refractivity contribution in [3.05, 3.63) is 12.3 Å². The molecule has 178 valence electrons. The fourth-order valence-electron chi connectivity index (χ4n) is 4.03. The number of allylic oxidation sites excluding steroid dienone is 1. The molecule has 1 rings (SSSR count). The quantitative estimate of drug-likeness (QED) is 0.193. The highest BCUT2D eigenvalue weighted by atomic mass is 16.6. The van der Waals surface area contributed by atoms with Gasteiger partial charge >= 0.3 is 0 Å². The molecule has 1 aliphatic rings. The van der Waals surface area contributed by atoms with E-state index in [0.717, 1.165) is 12.8 Å². The summed E-state index contributed by atoms with van der Waals surface area (Å²) in [7, 11) is 0. The highest BCUT2D eigenvalue weighted by Gasteiger charge is 2.39. The first-order valence-electron chi connectivity index (χ1n) is 12.6. The molecule has 0 saturated carbocycles. The minimum absolute atomic E-state index is 0.0693. The number of ether oxygens (including phenoxy) is 2. The predicted octanol–water partition coefficient (Wildman–Crippen LogP) is 5.26. The van der Waals surface area contributed by atoms with E-state index in [0.29, 0.717) is 0 Å². The van der Waals surface area contributed by atoms with Gasteiger partial charge in [0, 0.05) is 0 Å². The van der Waals surface area contributed by atoms with Crippen LogP contribution in [0.5, 0.6) is 0 Å². The summed E-state index contributed by atoms with van der Waals surface area (Å²) in [6, 6.07) is 0. The first-order valence-corrected chi connectivity index (χ1v) is 12.6. The Balaban J connectivity index is 1.86. The zero-order valence-corrected chi connectivity index (χ0v) is 19.4. The van der Waals surface area contributed by atoms with Crippen molar-refractivity contribution in [1.29, 1.82) is 0 Å². The molecule has 0 aromatic carbocycles. The van der Waals surface area contributed by atoms with Gasteiger partial charge in [-0.3, -0.25) is 0 Å². The second-order valence-electron chi connectivity index (χ2n) is 8.82. The summed E-state index contributed by atoms with van der Waals surface area (Å²) in [6.45, 7) is 2.06. The largest absolute Gasteiger partial charge is 0.493 e. The Bertz CT molecular complexity index is 401. The summed E-state index contributed by atoms with van der Waals surface area (Å²) in [5.41, 5.74) is 0. The molecule has 4 atom stereocenters. The minimum atomic E-state index is -1.02. The standard InChI is InChI=1S/C25H48O5/c1-2-3-4-5-6-7-8-9-10-11-12-13-14-15-16-17-18-19-29-25-22(27)21-30-23(20-26)24(25)28/h18-19,22-28H,2-17,20-21H2,1H3/b19-18+/t22-,23+,24+,25+/m0/s1. The van der Waals surface area contributed by atoms with Crippen LogP contribution < -0.4 is 0 Å². The lowest BCUT2D eigenvalue weighted by Gasteiger charge is -2.36. The van der Waals surface area contributed by atoms with Crippen molar-refractivity contribution in [2.45, 2.75) is 134 Å². The van der Waals surface area contributed by atoms with E-state index in [1.54, 1.807) is 6.26 Å². The van der Waals surface area contributed by atoms with Crippen LogP contribution in [0.15, 0.2) is 12.3 Å². The molecule has 0 aromatic heterocycles. The topological polar surface area (TPSA) is 79.2 Å². The third kappa shape index (κ3) is 12.9. The number of aliphatic hydroxyl groups is 3. The molecule has 1 aliphatic heterocycles. The van der Waals surface area contributed by atoms with E-state index in [9.17, 15) is 10.2 Å². The maximum atomic E-state index is 10.0. The van der Waals surface area contributed by atoms with Crippen molar-refractivity contribution in [3.63, 3.8) is 0 Å². The van der Waals surface area contributed by atoms with Crippen molar-refractivity contribution < 1.29 is 24.8 Å². The van der Waals surface area contributed by atoms with E-state index in [1.165, 1.54) is 89.9 Å². The normalized spacial score (nSPS) is 24.5. The smallest absolute Gasteiger partial charge is 0.154 e. The Kier molecular flexibility index (Phi) is 17.4. The molecule has 5 nitrogen and oxygen atoms in total. The third-order valence-electron chi connectivity index (χ3n) is 6.06. The van der Waals surface area contributed by atoms with Gasteiger partial charge in [-0.05, 0) is 18.9 Å².